The first-order valence-corrected chi connectivity index (χ1v) is 11.1. The minimum absolute atomic E-state index is 0.567. The lowest BCUT2D eigenvalue weighted by molar-refractivity contribution is 0.120. The fraction of sp³-hybridized carbons (Fsp3) is 1.00. The van der Waals surface area contributed by atoms with E-state index in [4.69, 9.17) is 4.52 Å². The predicted molar refractivity (Wildman–Crippen MR) is 93.9 cm³/mol. The van der Waals surface area contributed by atoms with Gasteiger partial charge in [-0.25, -0.2) is 4.57 Å². The smallest absolute Gasteiger partial charge is 0.316 e. The monoisotopic (exact) mass is 339 g/mol. The number of hydrogen-bond donors (Lipinski definition) is 1. The third-order valence-corrected chi connectivity index (χ3v) is 5.72. The molecule has 0 saturated carbocycles. The van der Waals surface area contributed by atoms with Gasteiger partial charge in [-0.05, 0) is 64.0 Å². The molecule has 1 fully saturated rings. The molecule has 4 nitrogen and oxygen atoms in total. The van der Waals surface area contributed by atoms with Gasteiger partial charge in [0.1, 0.15) is 0 Å². The lowest BCUT2D eigenvalue weighted by Crippen LogP contribution is -2.31. The van der Waals surface area contributed by atoms with E-state index in [2.05, 4.69) is 25.7 Å². The van der Waals surface area contributed by atoms with Gasteiger partial charge >= 0.3 is 6.80 Å². The van der Waals surface area contributed by atoms with E-state index in [-0.39, 0.29) is 0 Å². The molecular formula is C15H34NO3PS. The summed E-state index contributed by atoms with van der Waals surface area (Å²) in [5, 5.41) is 0. The van der Waals surface area contributed by atoms with Gasteiger partial charge in [0.2, 0.25) is 0 Å². The third-order valence-electron chi connectivity index (χ3n) is 2.50. The lowest BCUT2D eigenvalue weighted by Gasteiger charge is -2.27. The molecule has 1 aliphatic rings. The average molecular weight is 339 g/mol. The summed E-state index contributed by atoms with van der Waals surface area (Å²) in [6, 6.07) is 0. The van der Waals surface area contributed by atoms with Gasteiger partial charge in [0.05, 0.1) is 5.60 Å². The van der Waals surface area contributed by atoms with Crippen LogP contribution in [0.1, 0.15) is 60.8 Å². The highest BCUT2D eigenvalue weighted by Crippen LogP contribution is 2.57. The Hall–Kier alpha value is 0.460. The standard InChI is InChI=1S/C11H24NO3PS.C4H10/c1-11(2,3)15-16(13,14)17-10-9-12-7-5-4-6-8-12;1-4(2)3/h4-10H2,1-3H3,(H,13,14);4H,1-3H3. The Labute approximate surface area is 135 Å². The molecule has 0 aliphatic carbocycles. The van der Waals surface area contributed by atoms with Crippen LogP contribution >= 0.6 is 18.2 Å². The highest BCUT2D eigenvalue weighted by atomic mass is 32.7. The molecule has 1 saturated heterocycles. The normalized spacial score (nSPS) is 19.8. The van der Waals surface area contributed by atoms with Crippen LogP contribution in [0.25, 0.3) is 0 Å². The summed E-state index contributed by atoms with van der Waals surface area (Å²) in [5.41, 5.74) is -0.567. The molecule has 0 spiro atoms. The van der Waals surface area contributed by atoms with Crippen molar-refractivity contribution < 1.29 is 14.0 Å². The van der Waals surface area contributed by atoms with Gasteiger partial charge in [-0.15, -0.1) is 0 Å². The van der Waals surface area contributed by atoms with Crippen LogP contribution in [-0.4, -0.2) is 40.8 Å². The Morgan fingerprint density at radius 3 is 2.10 bits per heavy atom. The highest BCUT2D eigenvalue weighted by molar-refractivity contribution is 8.54. The first-order valence-electron chi connectivity index (χ1n) is 7.92. The maximum absolute atomic E-state index is 11.7. The maximum Gasteiger partial charge on any atom is 0.387 e. The van der Waals surface area contributed by atoms with Crippen LogP contribution in [-0.2, 0) is 9.09 Å². The molecular weight excluding hydrogens is 305 g/mol. The van der Waals surface area contributed by atoms with Crippen molar-refractivity contribution in [3.63, 3.8) is 0 Å². The van der Waals surface area contributed by atoms with Crippen molar-refractivity contribution in [1.82, 2.24) is 4.90 Å². The average Bonchev–Trinajstić information content (AvgIpc) is 2.25. The van der Waals surface area contributed by atoms with Crippen molar-refractivity contribution in [2.75, 3.05) is 25.4 Å². The van der Waals surface area contributed by atoms with Crippen molar-refractivity contribution in [3.05, 3.63) is 0 Å². The van der Waals surface area contributed by atoms with E-state index in [1.807, 2.05) is 0 Å². The second-order valence-electron chi connectivity index (χ2n) is 7.14. The molecule has 1 unspecified atom stereocenters. The van der Waals surface area contributed by atoms with Crippen LogP contribution in [0.2, 0.25) is 0 Å². The van der Waals surface area contributed by atoms with Crippen LogP contribution in [0.5, 0.6) is 0 Å². The van der Waals surface area contributed by atoms with Crippen molar-refractivity contribution in [2.24, 2.45) is 5.92 Å². The van der Waals surface area contributed by atoms with Gasteiger partial charge in [-0.1, -0.05) is 27.2 Å². The van der Waals surface area contributed by atoms with Gasteiger partial charge in [0.15, 0.2) is 0 Å². The molecule has 128 valence electrons. The van der Waals surface area contributed by atoms with Crippen molar-refractivity contribution in [1.29, 1.82) is 0 Å². The number of piperidine rings is 1. The van der Waals surface area contributed by atoms with Crippen LogP contribution < -0.4 is 0 Å². The predicted octanol–water partition coefficient (Wildman–Crippen LogP) is 4.78. The second-order valence-corrected chi connectivity index (χ2v) is 11.1. The molecule has 1 heterocycles. The Morgan fingerprint density at radius 2 is 1.67 bits per heavy atom. The van der Waals surface area contributed by atoms with E-state index >= 15 is 0 Å². The molecule has 1 rings (SSSR count). The van der Waals surface area contributed by atoms with Crippen molar-refractivity contribution >= 4 is 18.2 Å². The van der Waals surface area contributed by atoms with E-state index < -0.39 is 12.4 Å². The number of likely N-dealkylation sites (tertiary alicyclic amines) is 1. The zero-order chi connectivity index (χ0) is 16.5. The first-order chi connectivity index (χ1) is 9.52. The largest absolute Gasteiger partial charge is 0.387 e. The van der Waals surface area contributed by atoms with Crippen LogP contribution in [0.3, 0.4) is 0 Å². The van der Waals surface area contributed by atoms with Crippen LogP contribution in [0.15, 0.2) is 0 Å². The van der Waals surface area contributed by atoms with Gasteiger partial charge in [-0.3, -0.25) is 4.52 Å². The molecule has 0 bridgehead atoms. The second kappa shape index (κ2) is 10.3. The SMILES string of the molecule is CC(C)(C)OP(=O)(O)SCCN1CCCCC1.CC(C)C. The Morgan fingerprint density at radius 1 is 1.19 bits per heavy atom. The van der Waals surface area contributed by atoms with Gasteiger partial charge in [0.25, 0.3) is 0 Å². The summed E-state index contributed by atoms with van der Waals surface area (Å²) in [7, 11) is 0. The molecule has 1 N–H and O–H groups in total. The zero-order valence-corrected chi connectivity index (χ0v) is 16.3. The fourth-order valence-electron chi connectivity index (χ4n) is 1.84. The molecule has 6 heteroatoms. The first kappa shape index (κ1) is 21.5. The fourth-order valence-corrected chi connectivity index (χ4v) is 4.92. The summed E-state index contributed by atoms with van der Waals surface area (Å²) >= 11 is 1.05. The number of rotatable bonds is 5. The highest BCUT2D eigenvalue weighted by Gasteiger charge is 2.27. The zero-order valence-electron chi connectivity index (χ0n) is 14.6. The molecule has 21 heavy (non-hydrogen) atoms. The Kier molecular flexibility index (Phi) is 10.5. The lowest BCUT2D eigenvalue weighted by atomic mass is 10.1. The topological polar surface area (TPSA) is 49.8 Å². The minimum atomic E-state index is -3.49. The summed E-state index contributed by atoms with van der Waals surface area (Å²) in [4.78, 5) is 12.0. The number of hydrogen-bond acceptors (Lipinski definition) is 4. The van der Waals surface area contributed by atoms with Crippen molar-refractivity contribution in [3.8, 4) is 0 Å². The third kappa shape index (κ3) is 15.1. The van der Waals surface area contributed by atoms with E-state index in [0.29, 0.717) is 5.75 Å². The molecule has 0 aromatic rings. The van der Waals surface area contributed by atoms with E-state index in [1.54, 1.807) is 20.8 Å². The molecule has 1 aliphatic heterocycles. The van der Waals surface area contributed by atoms with E-state index in [1.165, 1.54) is 19.3 Å². The van der Waals surface area contributed by atoms with Crippen LogP contribution in [0, 0.1) is 5.92 Å². The van der Waals surface area contributed by atoms with Crippen LogP contribution in [0.4, 0.5) is 0 Å². The summed E-state index contributed by atoms with van der Waals surface area (Å²) in [5.74, 6) is 1.49. The summed E-state index contributed by atoms with van der Waals surface area (Å²) in [6.45, 7) is 11.5. The van der Waals surface area contributed by atoms with E-state index in [0.717, 1.165) is 36.9 Å². The van der Waals surface area contributed by atoms with Gasteiger partial charge in [0, 0.05) is 12.3 Å². The van der Waals surface area contributed by atoms with E-state index in [9.17, 15) is 9.46 Å². The van der Waals surface area contributed by atoms with Gasteiger partial charge in [-0.2, -0.15) is 0 Å². The molecule has 0 amide bonds. The molecule has 1 atom stereocenters. The van der Waals surface area contributed by atoms with Crippen molar-refractivity contribution in [2.45, 2.75) is 66.4 Å². The summed E-state index contributed by atoms with van der Waals surface area (Å²) < 4.78 is 16.9. The molecule has 0 aromatic heterocycles. The minimum Gasteiger partial charge on any atom is -0.316 e. The number of nitrogens with zero attached hydrogens (tertiary/aromatic N) is 1. The quantitative estimate of drug-likeness (QED) is 0.730. The molecule has 0 radical (unpaired) electrons. The molecule has 0 aromatic carbocycles. The van der Waals surface area contributed by atoms with Gasteiger partial charge < -0.3 is 9.79 Å². The summed E-state index contributed by atoms with van der Waals surface area (Å²) in [6.07, 6.45) is 3.81. The Bertz CT molecular complexity index is 310. The maximum atomic E-state index is 11.7. The Balaban J connectivity index is 0.000000885.